The van der Waals surface area contributed by atoms with Gasteiger partial charge in [-0.3, -0.25) is 10.1 Å². The molecule has 19 heavy (non-hydrogen) atoms. The van der Waals surface area contributed by atoms with E-state index in [-0.39, 0.29) is 11.4 Å². The third-order valence-corrected chi connectivity index (χ3v) is 3.61. The van der Waals surface area contributed by atoms with Crippen LogP contribution in [0.15, 0.2) is 51.8 Å². The van der Waals surface area contributed by atoms with Crippen molar-refractivity contribution in [1.29, 1.82) is 0 Å². The van der Waals surface area contributed by atoms with E-state index in [4.69, 9.17) is 4.74 Å². The Morgan fingerprint density at radius 2 is 2.05 bits per heavy atom. The van der Waals surface area contributed by atoms with Gasteiger partial charge in [0.05, 0.1) is 4.92 Å². The molecule has 2 rings (SSSR count). The Balaban J connectivity index is 2.36. The van der Waals surface area contributed by atoms with Crippen LogP contribution in [0.25, 0.3) is 0 Å². The van der Waals surface area contributed by atoms with Crippen molar-refractivity contribution in [3.05, 3.63) is 57.1 Å². The number of thioether (sulfide) groups is 1. The van der Waals surface area contributed by atoms with Crippen molar-refractivity contribution in [2.75, 3.05) is 6.26 Å². The lowest BCUT2D eigenvalue weighted by Crippen LogP contribution is -1.93. The smallest absolute Gasteiger partial charge is 0.311 e. The topological polar surface area (TPSA) is 52.4 Å². The van der Waals surface area contributed by atoms with Crippen molar-refractivity contribution >= 4 is 33.4 Å². The lowest BCUT2D eigenvalue weighted by molar-refractivity contribution is -0.385. The highest BCUT2D eigenvalue weighted by Gasteiger charge is 2.16. The van der Waals surface area contributed by atoms with Crippen LogP contribution in [-0.2, 0) is 0 Å². The van der Waals surface area contributed by atoms with E-state index in [1.54, 1.807) is 30.0 Å². The van der Waals surface area contributed by atoms with Gasteiger partial charge in [-0.25, -0.2) is 0 Å². The van der Waals surface area contributed by atoms with Crippen LogP contribution in [0, 0.1) is 10.1 Å². The molecule has 4 nitrogen and oxygen atoms in total. The number of nitrogens with zero attached hydrogens (tertiary/aromatic N) is 1. The average molecular weight is 340 g/mol. The van der Waals surface area contributed by atoms with Gasteiger partial charge in [-0.15, -0.1) is 11.8 Å². The van der Waals surface area contributed by atoms with Crippen LogP contribution >= 0.6 is 27.7 Å². The van der Waals surface area contributed by atoms with Gasteiger partial charge in [-0.2, -0.15) is 0 Å². The summed E-state index contributed by atoms with van der Waals surface area (Å²) in [6, 6.07) is 12.0. The van der Waals surface area contributed by atoms with E-state index in [9.17, 15) is 10.1 Å². The third kappa shape index (κ3) is 3.48. The SMILES string of the molecule is CSc1cccc(Oc2cc(Br)ccc2[N+](=O)[O-])c1. The van der Waals surface area contributed by atoms with Crippen molar-refractivity contribution < 1.29 is 9.66 Å². The zero-order chi connectivity index (χ0) is 13.8. The second-order valence-corrected chi connectivity index (χ2v) is 5.45. The van der Waals surface area contributed by atoms with E-state index in [1.807, 2.05) is 24.5 Å². The summed E-state index contributed by atoms with van der Waals surface area (Å²) in [5.74, 6) is 0.797. The molecule has 2 aromatic carbocycles. The second-order valence-electron chi connectivity index (χ2n) is 3.65. The largest absolute Gasteiger partial charge is 0.450 e. The number of ether oxygens (including phenoxy) is 1. The monoisotopic (exact) mass is 339 g/mol. The molecule has 0 aromatic heterocycles. The Bertz CT molecular complexity index is 619. The normalized spacial score (nSPS) is 10.2. The number of benzene rings is 2. The summed E-state index contributed by atoms with van der Waals surface area (Å²) in [5, 5.41) is 11.0. The van der Waals surface area contributed by atoms with Gasteiger partial charge < -0.3 is 4.74 Å². The zero-order valence-electron chi connectivity index (χ0n) is 10.00. The van der Waals surface area contributed by atoms with Crippen LogP contribution in [0.5, 0.6) is 11.5 Å². The number of hydrogen-bond donors (Lipinski definition) is 0. The van der Waals surface area contributed by atoms with Crippen molar-refractivity contribution in [2.24, 2.45) is 0 Å². The average Bonchev–Trinajstić information content (AvgIpc) is 2.38. The van der Waals surface area contributed by atoms with Gasteiger partial charge in [-0.1, -0.05) is 22.0 Å². The summed E-state index contributed by atoms with van der Waals surface area (Å²) >= 11 is 4.86. The maximum Gasteiger partial charge on any atom is 0.311 e. The number of halogens is 1. The van der Waals surface area contributed by atoms with Gasteiger partial charge in [0.15, 0.2) is 0 Å². The molecule has 2 aromatic rings. The van der Waals surface area contributed by atoms with Crippen LogP contribution in [0.3, 0.4) is 0 Å². The first-order chi connectivity index (χ1) is 9.10. The molecule has 0 spiro atoms. The number of rotatable bonds is 4. The fourth-order valence-corrected chi connectivity index (χ4v) is 2.30. The lowest BCUT2D eigenvalue weighted by Gasteiger charge is -2.07. The second kappa shape index (κ2) is 6.08. The summed E-state index contributed by atoms with van der Waals surface area (Å²) in [5.41, 5.74) is -0.0576. The Morgan fingerprint density at radius 3 is 2.74 bits per heavy atom. The molecule has 0 N–H and O–H groups in total. The fourth-order valence-electron chi connectivity index (χ4n) is 1.51. The maximum absolute atomic E-state index is 11.0. The molecule has 0 unspecified atom stereocenters. The Kier molecular flexibility index (Phi) is 4.44. The van der Waals surface area contributed by atoms with Gasteiger partial charge in [0.1, 0.15) is 5.75 Å². The minimum Gasteiger partial charge on any atom is -0.450 e. The van der Waals surface area contributed by atoms with Crippen LogP contribution in [0.1, 0.15) is 0 Å². The van der Waals surface area contributed by atoms with E-state index in [1.165, 1.54) is 6.07 Å². The molecular weight excluding hydrogens is 330 g/mol. The first kappa shape index (κ1) is 13.9. The van der Waals surface area contributed by atoms with E-state index in [2.05, 4.69) is 15.9 Å². The Hall–Kier alpha value is -1.53. The summed E-state index contributed by atoms with van der Waals surface area (Å²) in [6.45, 7) is 0. The molecule has 0 fully saturated rings. The van der Waals surface area contributed by atoms with Crippen LogP contribution in [0.4, 0.5) is 5.69 Å². The third-order valence-electron chi connectivity index (χ3n) is 2.39. The van der Waals surface area contributed by atoms with Crippen LogP contribution < -0.4 is 4.74 Å². The number of nitro groups is 1. The molecule has 0 saturated heterocycles. The molecule has 98 valence electrons. The predicted molar refractivity (Wildman–Crippen MR) is 79.1 cm³/mol. The van der Waals surface area contributed by atoms with Crippen LogP contribution in [-0.4, -0.2) is 11.2 Å². The quantitative estimate of drug-likeness (QED) is 0.453. The van der Waals surface area contributed by atoms with E-state index in [0.29, 0.717) is 5.75 Å². The van der Waals surface area contributed by atoms with Crippen molar-refractivity contribution in [1.82, 2.24) is 0 Å². The fraction of sp³-hybridized carbons (Fsp3) is 0.0769. The molecule has 0 amide bonds. The first-order valence-corrected chi connectivity index (χ1v) is 7.38. The summed E-state index contributed by atoms with van der Waals surface area (Å²) in [6.07, 6.45) is 1.96. The molecule has 0 bridgehead atoms. The van der Waals surface area contributed by atoms with Gasteiger partial charge in [0.25, 0.3) is 0 Å². The lowest BCUT2D eigenvalue weighted by atomic mass is 10.3. The summed E-state index contributed by atoms with van der Waals surface area (Å²) < 4.78 is 6.34. The standard InChI is InChI=1S/C13H10BrNO3S/c1-19-11-4-2-3-10(8-11)18-13-7-9(14)5-6-12(13)15(16)17/h2-8H,1H3. The van der Waals surface area contributed by atoms with Crippen LogP contribution in [0.2, 0.25) is 0 Å². The van der Waals surface area contributed by atoms with Crippen molar-refractivity contribution in [3.8, 4) is 11.5 Å². The molecule has 0 aliphatic carbocycles. The molecule has 0 aliphatic rings. The van der Waals surface area contributed by atoms with Gasteiger partial charge in [0.2, 0.25) is 5.75 Å². The van der Waals surface area contributed by atoms with Gasteiger partial charge in [0, 0.05) is 21.5 Å². The molecule has 0 heterocycles. The highest BCUT2D eigenvalue weighted by atomic mass is 79.9. The number of hydrogen-bond acceptors (Lipinski definition) is 4. The van der Waals surface area contributed by atoms with E-state index >= 15 is 0 Å². The molecule has 6 heteroatoms. The Morgan fingerprint density at radius 1 is 1.26 bits per heavy atom. The van der Waals surface area contributed by atoms with Crippen molar-refractivity contribution in [3.63, 3.8) is 0 Å². The highest BCUT2D eigenvalue weighted by molar-refractivity contribution is 9.10. The molecule has 0 atom stereocenters. The van der Waals surface area contributed by atoms with Gasteiger partial charge in [-0.05, 0) is 30.5 Å². The maximum atomic E-state index is 11.0. The highest BCUT2D eigenvalue weighted by Crippen LogP contribution is 2.34. The Labute approximate surface area is 123 Å². The minimum absolute atomic E-state index is 0.0576. The first-order valence-electron chi connectivity index (χ1n) is 5.36. The van der Waals surface area contributed by atoms with E-state index in [0.717, 1.165) is 9.37 Å². The van der Waals surface area contributed by atoms with Gasteiger partial charge >= 0.3 is 5.69 Å². The molecule has 0 aliphatic heterocycles. The minimum atomic E-state index is -0.458. The van der Waals surface area contributed by atoms with Crippen molar-refractivity contribution in [2.45, 2.75) is 4.90 Å². The number of nitro benzene ring substituents is 1. The van der Waals surface area contributed by atoms with E-state index < -0.39 is 4.92 Å². The molecule has 0 radical (unpaired) electrons. The predicted octanol–water partition coefficient (Wildman–Crippen LogP) is 4.87. The zero-order valence-corrected chi connectivity index (χ0v) is 12.4. The molecule has 0 saturated carbocycles. The molecular formula is C13H10BrNO3S. The summed E-state index contributed by atoms with van der Waals surface area (Å²) in [4.78, 5) is 11.5. The summed E-state index contributed by atoms with van der Waals surface area (Å²) in [7, 11) is 0.